The summed E-state index contributed by atoms with van der Waals surface area (Å²) in [5.41, 5.74) is 9.63. The van der Waals surface area contributed by atoms with E-state index in [2.05, 4.69) is 14.2 Å². The molecule has 0 radical (unpaired) electrons. The summed E-state index contributed by atoms with van der Waals surface area (Å²) in [5.74, 6) is 0. The minimum atomic E-state index is -3.38. The van der Waals surface area contributed by atoms with Gasteiger partial charge in [-0.1, -0.05) is 29.4 Å². The van der Waals surface area contributed by atoms with Crippen LogP contribution in [-0.2, 0) is 20.7 Å². The highest BCUT2D eigenvalue weighted by atomic mass is 32.2. The van der Waals surface area contributed by atoms with Crippen LogP contribution in [0.5, 0.6) is 0 Å². The molecule has 0 heterocycles. The molecule has 1 rings (SSSR count). The Morgan fingerprint density at radius 3 is 2.50 bits per heavy atom. The van der Waals surface area contributed by atoms with E-state index in [1.807, 2.05) is 0 Å². The van der Waals surface area contributed by atoms with E-state index < -0.39 is 10.1 Å². The molecule has 1 aromatic rings. The summed E-state index contributed by atoms with van der Waals surface area (Å²) in [6.45, 7) is 0.111. The van der Waals surface area contributed by atoms with Crippen LogP contribution in [-0.4, -0.2) is 21.3 Å². The van der Waals surface area contributed by atoms with Crippen LogP contribution in [0.15, 0.2) is 29.4 Å². The molecule has 1 aromatic carbocycles. The Balaban J connectivity index is 2.53. The zero-order valence-corrected chi connectivity index (χ0v) is 9.51. The van der Waals surface area contributed by atoms with Gasteiger partial charge in [0.15, 0.2) is 0 Å². The summed E-state index contributed by atoms with van der Waals surface area (Å²) in [6.07, 6.45) is 1.50. The predicted octanol–water partition coefficient (Wildman–Crippen LogP) is 2.15. The van der Waals surface area contributed by atoms with Gasteiger partial charge in [-0.05, 0) is 17.5 Å². The summed E-state index contributed by atoms with van der Waals surface area (Å²) >= 11 is 0. The largest absolute Gasteiger partial charge is 0.270 e. The number of azide groups is 1. The summed E-state index contributed by atoms with van der Waals surface area (Å²) in [5, 5.41) is 3.42. The van der Waals surface area contributed by atoms with Crippen LogP contribution in [0.2, 0.25) is 0 Å². The third-order valence-electron chi connectivity index (χ3n) is 1.78. The fourth-order valence-electron chi connectivity index (χ4n) is 1.09. The van der Waals surface area contributed by atoms with Crippen molar-refractivity contribution in [2.45, 2.75) is 6.42 Å². The average molecular weight is 241 g/mol. The molecule has 0 aliphatic rings. The Kier molecular flexibility index (Phi) is 4.30. The van der Waals surface area contributed by atoms with Gasteiger partial charge >= 0.3 is 0 Å². The first kappa shape index (κ1) is 12.5. The van der Waals surface area contributed by atoms with E-state index in [4.69, 9.17) is 5.53 Å². The lowest BCUT2D eigenvalue weighted by molar-refractivity contribution is 0.326. The Labute approximate surface area is 93.6 Å². The maximum Gasteiger partial charge on any atom is 0.264 e. The number of nitrogens with zero attached hydrogens (tertiary/aromatic N) is 3. The molecular formula is C9H11N3O3S. The van der Waals surface area contributed by atoms with Crippen LogP contribution >= 0.6 is 0 Å². The smallest absolute Gasteiger partial charge is 0.264 e. The molecule has 0 atom stereocenters. The molecule has 16 heavy (non-hydrogen) atoms. The van der Waals surface area contributed by atoms with Crippen LogP contribution in [0.4, 0.5) is 5.69 Å². The van der Waals surface area contributed by atoms with E-state index in [0.29, 0.717) is 12.1 Å². The van der Waals surface area contributed by atoms with Gasteiger partial charge in [-0.2, -0.15) is 8.42 Å². The first-order valence-corrected chi connectivity index (χ1v) is 6.31. The van der Waals surface area contributed by atoms with Gasteiger partial charge < -0.3 is 0 Å². The van der Waals surface area contributed by atoms with E-state index in [9.17, 15) is 8.42 Å². The van der Waals surface area contributed by atoms with E-state index in [1.54, 1.807) is 24.3 Å². The van der Waals surface area contributed by atoms with Crippen molar-refractivity contribution in [3.63, 3.8) is 0 Å². The first-order valence-electron chi connectivity index (χ1n) is 4.50. The van der Waals surface area contributed by atoms with Crippen LogP contribution in [0.1, 0.15) is 5.56 Å². The molecule has 86 valence electrons. The highest BCUT2D eigenvalue weighted by molar-refractivity contribution is 7.85. The Hall–Kier alpha value is -1.56. The van der Waals surface area contributed by atoms with Crippen molar-refractivity contribution in [1.82, 2.24) is 0 Å². The van der Waals surface area contributed by atoms with Gasteiger partial charge in [-0.3, -0.25) is 4.18 Å². The van der Waals surface area contributed by atoms with Gasteiger partial charge in [-0.15, -0.1) is 0 Å². The van der Waals surface area contributed by atoms with E-state index in [1.165, 1.54) is 0 Å². The molecule has 0 spiro atoms. The number of rotatable bonds is 5. The minimum absolute atomic E-state index is 0.111. The SMILES string of the molecule is CS(=O)(=O)OCCc1ccc(N=[N+]=[N-])cc1. The van der Waals surface area contributed by atoms with E-state index in [-0.39, 0.29) is 6.61 Å². The molecule has 0 unspecified atom stereocenters. The maximum absolute atomic E-state index is 10.7. The fraction of sp³-hybridized carbons (Fsp3) is 0.333. The molecule has 0 amide bonds. The molecule has 6 nitrogen and oxygen atoms in total. The zero-order valence-electron chi connectivity index (χ0n) is 8.70. The highest BCUT2D eigenvalue weighted by Crippen LogP contribution is 2.13. The number of hydrogen-bond donors (Lipinski definition) is 0. The van der Waals surface area contributed by atoms with Crippen molar-refractivity contribution < 1.29 is 12.6 Å². The minimum Gasteiger partial charge on any atom is -0.270 e. The molecule has 0 aliphatic heterocycles. The average Bonchev–Trinajstić information content (AvgIpc) is 2.19. The molecule has 0 N–H and O–H groups in total. The lowest BCUT2D eigenvalue weighted by atomic mass is 10.1. The highest BCUT2D eigenvalue weighted by Gasteiger charge is 2.01. The van der Waals surface area contributed by atoms with Gasteiger partial charge in [0.2, 0.25) is 0 Å². The Morgan fingerprint density at radius 1 is 1.38 bits per heavy atom. The maximum atomic E-state index is 10.7. The molecule has 0 saturated heterocycles. The van der Waals surface area contributed by atoms with Crippen molar-refractivity contribution in [3.05, 3.63) is 40.3 Å². The quantitative estimate of drug-likeness (QED) is 0.342. The number of benzene rings is 1. The first-order chi connectivity index (χ1) is 7.51. The monoisotopic (exact) mass is 241 g/mol. The lowest BCUT2D eigenvalue weighted by Gasteiger charge is -2.01. The molecule has 0 bridgehead atoms. The van der Waals surface area contributed by atoms with Gasteiger partial charge in [0, 0.05) is 10.6 Å². The molecule has 0 aliphatic carbocycles. The second-order valence-corrected chi connectivity index (χ2v) is 4.78. The Morgan fingerprint density at radius 2 is 2.00 bits per heavy atom. The van der Waals surface area contributed by atoms with E-state index in [0.717, 1.165) is 11.8 Å². The molecular weight excluding hydrogens is 230 g/mol. The van der Waals surface area contributed by atoms with Crippen LogP contribution in [0.25, 0.3) is 10.4 Å². The van der Waals surface area contributed by atoms with Gasteiger partial charge in [0.25, 0.3) is 10.1 Å². The number of hydrogen-bond acceptors (Lipinski definition) is 4. The summed E-state index contributed by atoms with van der Waals surface area (Å²) in [6, 6.07) is 6.84. The van der Waals surface area contributed by atoms with Gasteiger partial charge in [0.05, 0.1) is 12.9 Å². The van der Waals surface area contributed by atoms with Crippen molar-refractivity contribution >= 4 is 15.8 Å². The van der Waals surface area contributed by atoms with Crippen molar-refractivity contribution in [1.29, 1.82) is 0 Å². The predicted molar refractivity (Wildman–Crippen MR) is 59.7 cm³/mol. The summed E-state index contributed by atoms with van der Waals surface area (Å²) in [4.78, 5) is 2.65. The second-order valence-electron chi connectivity index (χ2n) is 3.13. The summed E-state index contributed by atoms with van der Waals surface area (Å²) < 4.78 is 26.0. The summed E-state index contributed by atoms with van der Waals surface area (Å²) in [7, 11) is -3.38. The van der Waals surface area contributed by atoms with Crippen LogP contribution in [0, 0.1) is 0 Å². The standard InChI is InChI=1S/C9H11N3O3S/c1-16(13,14)15-7-6-8-2-4-9(5-3-8)11-12-10/h2-5H,6-7H2,1H3. The van der Waals surface area contributed by atoms with Crippen LogP contribution in [0.3, 0.4) is 0 Å². The molecule has 0 saturated carbocycles. The third kappa shape index (κ3) is 4.79. The van der Waals surface area contributed by atoms with Crippen molar-refractivity contribution in [3.8, 4) is 0 Å². The second kappa shape index (κ2) is 5.50. The third-order valence-corrected chi connectivity index (χ3v) is 2.38. The van der Waals surface area contributed by atoms with E-state index >= 15 is 0 Å². The molecule has 7 heteroatoms. The molecule has 0 fully saturated rings. The Bertz CT molecular complexity index is 489. The molecule has 0 aromatic heterocycles. The lowest BCUT2D eigenvalue weighted by Crippen LogP contribution is -2.05. The zero-order chi connectivity index (χ0) is 12.0. The van der Waals surface area contributed by atoms with Gasteiger partial charge in [-0.25, -0.2) is 0 Å². The van der Waals surface area contributed by atoms with Gasteiger partial charge in [0.1, 0.15) is 0 Å². The fourth-order valence-corrected chi connectivity index (χ4v) is 1.48. The normalized spacial score (nSPS) is 10.8. The topological polar surface area (TPSA) is 92.1 Å². The van der Waals surface area contributed by atoms with Crippen molar-refractivity contribution in [2.75, 3.05) is 12.9 Å². The van der Waals surface area contributed by atoms with Crippen molar-refractivity contribution in [2.24, 2.45) is 5.11 Å². The van der Waals surface area contributed by atoms with Crippen LogP contribution < -0.4 is 0 Å².